The Labute approximate surface area is 269 Å². The molecule has 43 heavy (non-hydrogen) atoms. The Morgan fingerprint density at radius 2 is 1.65 bits per heavy atom. The molecule has 11 atom stereocenters. The van der Waals surface area contributed by atoms with Crippen molar-refractivity contribution in [3.05, 3.63) is 0 Å². The summed E-state index contributed by atoms with van der Waals surface area (Å²) in [6.07, 6.45) is 9.08. The average Bonchev–Trinajstić information content (AvgIpc) is 3.31. The number of hydrogen-bond donors (Lipinski definition) is 3. The fourth-order valence-electron chi connectivity index (χ4n) is 10.4. The Kier molecular flexibility index (Phi) is 12.6. The first kappa shape index (κ1) is 35.3. The highest BCUT2D eigenvalue weighted by molar-refractivity contribution is 6.18. The van der Waals surface area contributed by atoms with Gasteiger partial charge in [-0.2, -0.15) is 0 Å². The molecule has 0 amide bonds. The lowest BCUT2D eigenvalue weighted by atomic mass is 9.43. The lowest BCUT2D eigenvalue weighted by Gasteiger charge is -2.63. The molecule has 0 bridgehead atoms. The number of carboxylic acids is 1. The molecule has 0 aromatic heterocycles. The number of carbonyl (C=O) groups is 2. The first-order valence-electron chi connectivity index (χ1n) is 17.1. The number of esters is 1. The molecule has 3 N–H and O–H groups in total. The number of ether oxygens (including phenoxy) is 1. The summed E-state index contributed by atoms with van der Waals surface area (Å²) in [7, 11) is 0. The standard InChI is InChI=1S/C34H57Cl2NO6/c1-22(8-11-30(40)41)25-9-10-26-32-27(21-29(39)34(25,26)3)33(2)13-12-24(19-23(33)20-28(32)38)43-31(42)7-5-4-6-16-37(17-14-35)18-15-36/h22-29,32,38-39H,4-21H2,1-3H3,(H,40,41)/t22-,23+,24-,25-,26+,27+,28-,29+,32+,33+,34-/m1/s1. The Bertz CT molecular complexity index is 933. The van der Waals surface area contributed by atoms with Crippen molar-refractivity contribution in [3.63, 3.8) is 0 Å². The van der Waals surface area contributed by atoms with Gasteiger partial charge >= 0.3 is 11.9 Å². The fourth-order valence-corrected chi connectivity index (χ4v) is 10.9. The number of alkyl halides is 2. The molecule has 9 heteroatoms. The molecule has 7 nitrogen and oxygen atoms in total. The number of fused-ring (bicyclic) bond motifs is 5. The van der Waals surface area contributed by atoms with Crippen LogP contribution in [-0.4, -0.2) is 81.9 Å². The van der Waals surface area contributed by atoms with E-state index >= 15 is 0 Å². The van der Waals surface area contributed by atoms with Crippen molar-refractivity contribution in [2.24, 2.45) is 46.3 Å². The zero-order valence-corrected chi connectivity index (χ0v) is 28.2. The molecule has 0 spiro atoms. The van der Waals surface area contributed by atoms with E-state index < -0.39 is 18.2 Å². The summed E-state index contributed by atoms with van der Waals surface area (Å²) in [5.74, 6) is 1.75. The Balaban J connectivity index is 1.30. The molecule has 0 saturated heterocycles. The van der Waals surface area contributed by atoms with Crippen LogP contribution in [0.4, 0.5) is 0 Å². The van der Waals surface area contributed by atoms with E-state index in [2.05, 4.69) is 25.7 Å². The van der Waals surface area contributed by atoms with Crippen LogP contribution in [0.3, 0.4) is 0 Å². The molecule has 4 saturated carbocycles. The molecule has 248 valence electrons. The van der Waals surface area contributed by atoms with Gasteiger partial charge in [0.2, 0.25) is 0 Å². The molecule has 0 radical (unpaired) electrons. The molecular weight excluding hydrogens is 589 g/mol. The number of unbranched alkanes of at least 4 members (excludes halogenated alkanes) is 2. The second-order valence-corrected chi connectivity index (χ2v) is 15.7. The lowest BCUT2D eigenvalue weighted by Crippen LogP contribution is -2.62. The number of rotatable bonds is 15. The monoisotopic (exact) mass is 645 g/mol. The molecule has 4 aliphatic rings. The quantitative estimate of drug-likeness (QED) is 0.108. The van der Waals surface area contributed by atoms with Gasteiger partial charge < -0.3 is 25.0 Å². The molecule has 0 heterocycles. The maximum absolute atomic E-state index is 12.7. The van der Waals surface area contributed by atoms with Gasteiger partial charge in [-0.15, -0.1) is 23.2 Å². The summed E-state index contributed by atoms with van der Waals surface area (Å²) >= 11 is 11.8. The van der Waals surface area contributed by atoms with Crippen LogP contribution in [0.25, 0.3) is 0 Å². The van der Waals surface area contributed by atoms with Gasteiger partial charge in [-0.3, -0.25) is 9.59 Å². The molecule has 0 aromatic carbocycles. The molecular formula is C34H57Cl2NO6. The van der Waals surface area contributed by atoms with E-state index in [1.807, 2.05) is 0 Å². The minimum atomic E-state index is -0.762. The third-order valence-corrected chi connectivity index (χ3v) is 13.1. The van der Waals surface area contributed by atoms with E-state index in [1.54, 1.807) is 0 Å². The van der Waals surface area contributed by atoms with Crippen molar-refractivity contribution >= 4 is 35.1 Å². The van der Waals surface area contributed by atoms with Crippen LogP contribution in [0.15, 0.2) is 0 Å². The van der Waals surface area contributed by atoms with Gasteiger partial charge in [-0.25, -0.2) is 0 Å². The zero-order valence-electron chi connectivity index (χ0n) is 26.7. The van der Waals surface area contributed by atoms with Crippen molar-refractivity contribution in [2.45, 2.75) is 123 Å². The maximum Gasteiger partial charge on any atom is 0.306 e. The number of carboxylic acid groups (broad SMARTS) is 1. The van der Waals surface area contributed by atoms with E-state index in [4.69, 9.17) is 27.9 Å². The van der Waals surface area contributed by atoms with Crippen molar-refractivity contribution in [1.82, 2.24) is 4.90 Å². The number of nitrogens with zero attached hydrogens (tertiary/aromatic N) is 1. The predicted molar refractivity (Wildman–Crippen MR) is 170 cm³/mol. The molecule has 4 rings (SSSR count). The lowest BCUT2D eigenvalue weighted by molar-refractivity contribution is -0.209. The molecule has 0 unspecified atom stereocenters. The van der Waals surface area contributed by atoms with Gasteiger partial charge in [0.1, 0.15) is 6.10 Å². The molecule has 4 fully saturated rings. The number of carbonyl (C=O) groups excluding carboxylic acids is 1. The Morgan fingerprint density at radius 3 is 2.33 bits per heavy atom. The smallest absolute Gasteiger partial charge is 0.306 e. The van der Waals surface area contributed by atoms with Crippen molar-refractivity contribution in [1.29, 1.82) is 0 Å². The summed E-state index contributed by atoms with van der Waals surface area (Å²) in [6, 6.07) is 0. The van der Waals surface area contributed by atoms with Crippen LogP contribution in [0.2, 0.25) is 0 Å². The number of aliphatic hydroxyl groups is 2. The topological polar surface area (TPSA) is 107 Å². The second kappa shape index (κ2) is 15.3. The van der Waals surface area contributed by atoms with E-state index in [9.17, 15) is 24.9 Å². The van der Waals surface area contributed by atoms with Crippen LogP contribution >= 0.6 is 23.2 Å². The van der Waals surface area contributed by atoms with Crippen LogP contribution in [0.5, 0.6) is 0 Å². The zero-order chi connectivity index (χ0) is 31.4. The van der Waals surface area contributed by atoms with Crippen molar-refractivity contribution in [3.8, 4) is 0 Å². The highest BCUT2D eigenvalue weighted by atomic mass is 35.5. The number of halogens is 2. The van der Waals surface area contributed by atoms with Crippen LogP contribution in [-0.2, 0) is 14.3 Å². The maximum atomic E-state index is 12.7. The molecule has 4 aliphatic carbocycles. The van der Waals surface area contributed by atoms with Gasteiger partial charge in [-0.1, -0.05) is 27.2 Å². The summed E-state index contributed by atoms with van der Waals surface area (Å²) in [4.78, 5) is 26.2. The molecule has 0 aliphatic heterocycles. The highest BCUT2D eigenvalue weighted by Crippen LogP contribution is 2.68. The number of hydrogen-bond acceptors (Lipinski definition) is 6. The highest BCUT2D eigenvalue weighted by Gasteiger charge is 2.65. The number of aliphatic hydroxyl groups excluding tert-OH is 2. The van der Waals surface area contributed by atoms with Crippen molar-refractivity contribution in [2.75, 3.05) is 31.4 Å². The minimum absolute atomic E-state index is 0.0139. The van der Waals surface area contributed by atoms with Crippen LogP contribution in [0.1, 0.15) is 104 Å². The van der Waals surface area contributed by atoms with Crippen molar-refractivity contribution < 1.29 is 29.6 Å². The van der Waals surface area contributed by atoms with Gasteiger partial charge in [0.05, 0.1) is 12.2 Å². The first-order valence-corrected chi connectivity index (χ1v) is 18.1. The summed E-state index contributed by atoms with van der Waals surface area (Å²) < 4.78 is 5.99. The third kappa shape index (κ3) is 7.69. The SMILES string of the molecule is C[C@H](CCC(=O)O)[C@H]1CC[C@H]2[C@@H]3[C@H](O)C[C@@H]4C[C@H](OC(=O)CCCCCN(CCCl)CCCl)CC[C@]4(C)[C@H]3C[C@H](O)[C@]12C. The van der Waals surface area contributed by atoms with Gasteiger partial charge in [0.25, 0.3) is 0 Å². The Hall–Kier alpha value is -0.600. The van der Waals surface area contributed by atoms with Gasteiger partial charge in [0.15, 0.2) is 0 Å². The van der Waals surface area contributed by atoms with E-state index in [0.717, 1.165) is 77.4 Å². The summed E-state index contributed by atoms with van der Waals surface area (Å²) in [6.45, 7) is 9.36. The van der Waals surface area contributed by atoms with Crippen LogP contribution in [0, 0.1) is 46.3 Å². The fraction of sp³-hybridized carbons (Fsp3) is 0.941. The van der Waals surface area contributed by atoms with Gasteiger partial charge in [-0.05, 0) is 117 Å². The third-order valence-electron chi connectivity index (χ3n) is 12.8. The largest absolute Gasteiger partial charge is 0.481 e. The first-order chi connectivity index (χ1) is 20.4. The molecule has 0 aromatic rings. The predicted octanol–water partition coefficient (Wildman–Crippen LogP) is 6.34. The Morgan fingerprint density at radius 1 is 0.930 bits per heavy atom. The minimum Gasteiger partial charge on any atom is -0.481 e. The van der Waals surface area contributed by atoms with Gasteiger partial charge in [0, 0.05) is 37.7 Å². The summed E-state index contributed by atoms with van der Waals surface area (Å²) in [5, 5.41) is 32.7. The van der Waals surface area contributed by atoms with Crippen LogP contribution < -0.4 is 0 Å². The average molecular weight is 647 g/mol. The van der Waals surface area contributed by atoms with E-state index in [0.29, 0.717) is 31.0 Å². The normalized spacial score (nSPS) is 39.5. The van der Waals surface area contributed by atoms with E-state index in [-0.39, 0.29) is 64.8 Å². The summed E-state index contributed by atoms with van der Waals surface area (Å²) in [5.41, 5.74) is -0.275. The van der Waals surface area contributed by atoms with E-state index in [1.165, 1.54) is 0 Å². The number of aliphatic carboxylic acids is 1. The second-order valence-electron chi connectivity index (χ2n) is 14.9.